The molecule has 0 saturated heterocycles. The van der Waals surface area contributed by atoms with Gasteiger partial charge in [0.15, 0.2) is 0 Å². The first kappa shape index (κ1) is 19.5. The summed E-state index contributed by atoms with van der Waals surface area (Å²) in [4.78, 5) is 31.2. The SMILES string of the molecule is Cc1oc2ncnc(NC3(C)CC3)c2c1C(=O)N1CCc2c(cncc2N(C)C2CC2)C1. The Kier molecular flexibility index (Phi) is 4.22. The number of rotatable bonds is 5. The molecule has 0 spiro atoms. The van der Waals surface area contributed by atoms with Gasteiger partial charge in [-0.1, -0.05) is 0 Å². The molecule has 4 heterocycles. The van der Waals surface area contributed by atoms with Crippen molar-refractivity contribution in [3.05, 3.63) is 41.2 Å². The van der Waals surface area contributed by atoms with Gasteiger partial charge in [0.25, 0.3) is 5.91 Å². The van der Waals surface area contributed by atoms with Crippen molar-refractivity contribution in [2.24, 2.45) is 0 Å². The number of furan rings is 1. The number of carbonyl (C=O) groups excluding carboxylic acids is 1. The van der Waals surface area contributed by atoms with Crippen LogP contribution in [0.5, 0.6) is 0 Å². The Labute approximate surface area is 187 Å². The molecule has 3 aliphatic rings. The van der Waals surface area contributed by atoms with E-state index in [1.807, 2.05) is 24.2 Å². The molecular weight excluding hydrogens is 404 g/mol. The molecule has 0 aromatic carbocycles. The maximum Gasteiger partial charge on any atom is 0.258 e. The molecule has 1 aliphatic heterocycles. The van der Waals surface area contributed by atoms with Gasteiger partial charge >= 0.3 is 0 Å². The maximum absolute atomic E-state index is 13.7. The average Bonchev–Trinajstić information content (AvgIpc) is 3.71. The highest BCUT2D eigenvalue weighted by Crippen LogP contribution is 2.41. The largest absolute Gasteiger partial charge is 0.442 e. The Morgan fingerprint density at radius 3 is 2.84 bits per heavy atom. The zero-order valence-corrected chi connectivity index (χ0v) is 18.8. The van der Waals surface area contributed by atoms with Gasteiger partial charge in [0.1, 0.15) is 17.9 Å². The van der Waals surface area contributed by atoms with Crippen LogP contribution in [0.15, 0.2) is 23.1 Å². The van der Waals surface area contributed by atoms with Crippen LogP contribution in [-0.2, 0) is 13.0 Å². The molecule has 3 aromatic heterocycles. The zero-order valence-electron chi connectivity index (χ0n) is 18.8. The van der Waals surface area contributed by atoms with Crippen LogP contribution in [0.3, 0.4) is 0 Å². The minimum atomic E-state index is -0.0355. The number of fused-ring (bicyclic) bond motifs is 2. The summed E-state index contributed by atoms with van der Waals surface area (Å²) in [6, 6.07) is 0.627. The Hall–Kier alpha value is -3.16. The smallest absolute Gasteiger partial charge is 0.258 e. The highest BCUT2D eigenvalue weighted by molar-refractivity contribution is 6.10. The lowest BCUT2D eigenvalue weighted by molar-refractivity contribution is 0.0734. The van der Waals surface area contributed by atoms with Crippen molar-refractivity contribution < 1.29 is 9.21 Å². The number of nitrogens with zero attached hydrogens (tertiary/aromatic N) is 5. The van der Waals surface area contributed by atoms with Gasteiger partial charge in [0, 0.05) is 37.9 Å². The van der Waals surface area contributed by atoms with E-state index >= 15 is 0 Å². The summed E-state index contributed by atoms with van der Waals surface area (Å²) in [5, 5.41) is 4.19. The van der Waals surface area contributed by atoms with Gasteiger partial charge in [0.2, 0.25) is 5.71 Å². The first-order valence-corrected chi connectivity index (χ1v) is 11.4. The number of amides is 1. The highest BCUT2D eigenvalue weighted by Gasteiger charge is 2.39. The van der Waals surface area contributed by atoms with Gasteiger partial charge in [-0.05, 0) is 57.1 Å². The Morgan fingerprint density at radius 2 is 2.09 bits per heavy atom. The predicted molar refractivity (Wildman–Crippen MR) is 122 cm³/mol. The van der Waals surface area contributed by atoms with Gasteiger partial charge in [-0.3, -0.25) is 9.78 Å². The Bertz CT molecular complexity index is 1230. The second kappa shape index (κ2) is 6.92. The average molecular weight is 433 g/mol. The molecule has 2 aliphatic carbocycles. The number of nitrogens with one attached hydrogen (secondary N) is 1. The lowest BCUT2D eigenvalue weighted by Gasteiger charge is -2.32. The molecule has 1 N–H and O–H groups in total. The second-order valence-electron chi connectivity index (χ2n) is 9.74. The normalized spacial score (nSPS) is 19.0. The third-order valence-electron chi connectivity index (χ3n) is 7.18. The number of aromatic nitrogens is 3. The quantitative estimate of drug-likeness (QED) is 0.658. The summed E-state index contributed by atoms with van der Waals surface area (Å²) in [6.45, 7) is 5.22. The summed E-state index contributed by atoms with van der Waals surface area (Å²) >= 11 is 0. The Morgan fingerprint density at radius 1 is 1.28 bits per heavy atom. The monoisotopic (exact) mass is 432 g/mol. The van der Waals surface area contributed by atoms with Crippen LogP contribution < -0.4 is 10.2 Å². The van der Waals surface area contributed by atoms with E-state index in [0.717, 1.165) is 24.8 Å². The topological polar surface area (TPSA) is 87.4 Å². The third kappa shape index (κ3) is 3.20. The Balaban J connectivity index is 1.33. The molecule has 0 unspecified atom stereocenters. The minimum Gasteiger partial charge on any atom is -0.442 e. The van der Waals surface area contributed by atoms with Crippen molar-refractivity contribution in [3.8, 4) is 0 Å². The van der Waals surface area contributed by atoms with Crippen molar-refractivity contribution in [2.45, 2.75) is 64.1 Å². The first-order valence-electron chi connectivity index (χ1n) is 11.4. The molecule has 2 fully saturated rings. The van der Waals surface area contributed by atoms with Crippen LogP contribution in [0.2, 0.25) is 0 Å². The number of pyridine rings is 1. The molecule has 3 aromatic rings. The molecule has 0 radical (unpaired) electrons. The van der Waals surface area contributed by atoms with Crippen LogP contribution in [0.4, 0.5) is 11.5 Å². The standard InChI is InChI=1S/C24H28N6O2/c1-14-19(20-21(28-24(2)7-8-24)26-13-27-22(20)32-14)23(31)30-9-6-17-15(12-30)10-25-11-18(17)29(3)16-4-5-16/h10-11,13,16H,4-9,12H2,1-3H3,(H,26,27,28). The lowest BCUT2D eigenvalue weighted by atomic mass is 9.98. The van der Waals surface area contributed by atoms with Crippen LogP contribution in [0.25, 0.3) is 11.1 Å². The second-order valence-corrected chi connectivity index (χ2v) is 9.74. The number of aryl methyl sites for hydroxylation is 1. The molecule has 32 heavy (non-hydrogen) atoms. The molecule has 8 heteroatoms. The summed E-state index contributed by atoms with van der Waals surface area (Å²) in [5.41, 5.74) is 4.71. The van der Waals surface area contributed by atoms with E-state index in [9.17, 15) is 4.79 Å². The van der Waals surface area contributed by atoms with E-state index in [1.54, 1.807) is 0 Å². The number of anilines is 2. The van der Waals surface area contributed by atoms with Crippen molar-refractivity contribution in [2.75, 3.05) is 23.8 Å². The van der Waals surface area contributed by atoms with Crippen molar-refractivity contribution >= 4 is 28.5 Å². The van der Waals surface area contributed by atoms with Gasteiger partial charge in [0.05, 0.1) is 22.8 Å². The van der Waals surface area contributed by atoms with E-state index in [4.69, 9.17) is 4.42 Å². The fraction of sp³-hybridized carbons (Fsp3) is 0.500. The van der Waals surface area contributed by atoms with E-state index in [1.165, 1.54) is 30.4 Å². The zero-order chi connectivity index (χ0) is 22.0. The van der Waals surface area contributed by atoms with Crippen LogP contribution in [0.1, 0.15) is 59.9 Å². The molecule has 0 atom stereocenters. The van der Waals surface area contributed by atoms with Crippen molar-refractivity contribution in [1.82, 2.24) is 19.9 Å². The van der Waals surface area contributed by atoms with Gasteiger partial charge in [-0.15, -0.1) is 0 Å². The van der Waals surface area contributed by atoms with E-state index in [0.29, 0.717) is 47.4 Å². The first-order chi connectivity index (χ1) is 15.4. The van der Waals surface area contributed by atoms with Crippen LogP contribution in [0, 0.1) is 6.92 Å². The summed E-state index contributed by atoms with van der Waals surface area (Å²) < 4.78 is 5.88. The molecule has 166 valence electrons. The number of carbonyl (C=O) groups is 1. The molecule has 2 saturated carbocycles. The molecule has 0 bridgehead atoms. The van der Waals surface area contributed by atoms with Crippen molar-refractivity contribution in [1.29, 1.82) is 0 Å². The number of hydrogen-bond donors (Lipinski definition) is 1. The molecule has 8 nitrogen and oxygen atoms in total. The number of hydrogen-bond acceptors (Lipinski definition) is 7. The van der Waals surface area contributed by atoms with Crippen molar-refractivity contribution in [3.63, 3.8) is 0 Å². The van der Waals surface area contributed by atoms with Gasteiger partial charge in [-0.2, -0.15) is 0 Å². The summed E-state index contributed by atoms with van der Waals surface area (Å²) in [6.07, 6.45) is 10.9. The highest BCUT2D eigenvalue weighted by atomic mass is 16.3. The van der Waals surface area contributed by atoms with Crippen LogP contribution in [-0.4, -0.2) is 50.9 Å². The fourth-order valence-corrected chi connectivity index (χ4v) is 4.76. The van der Waals surface area contributed by atoms with Gasteiger partial charge in [-0.25, -0.2) is 9.97 Å². The molecule has 1 amide bonds. The van der Waals surface area contributed by atoms with Crippen LogP contribution >= 0.6 is 0 Å². The van der Waals surface area contributed by atoms with E-state index in [-0.39, 0.29) is 11.4 Å². The maximum atomic E-state index is 13.7. The third-order valence-corrected chi connectivity index (χ3v) is 7.18. The summed E-state index contributed by atoms with van der Waals surface area (Å²) in [7, 11) is 2.16. The van der Waals surface area contributed by atoms with E-state index < -0.39 is 0 Å². The summed E-state index contributed by atoms with van der Waals surface area (Å²) in [5.74, 6) is 1.23. The minimum absolute atomic E-state index is 0.0342. The lowest BCUT2D eigenvalue weighted by Crippen LogP contribution is -2.37. The fourth-order valence-electron chi connectivity index (χ4n) is 4.76. The molecular formula is C24H28N6O2. The van der Waals surface area contributed by atoms with E-state index in [2.05, 4.69) is 39.1 Å². The predicted octanol–water partition coefficient (Wildman–Crippen LogP) is 3.69. The van der Waals surface area contributed by atoms with Gasteiger partial charge < -0.3 is 19.5 Å². The molecule has 6 rings (SSSR count).